The van der Waals surface area contributed by atoms with Crippen LogP contribution in [0.1, 0.15) is 32.1 Å². The molecule has 0 bridgehead atoms. The highest BCUT2D eigenvalue weighted by molar-refractivity contribution is 7.08. The zero-order chi connectivity index (χ0) is 19.5. The number of esters is 1. The van der Waals surface area contributed by atoms with Crippen molar-refractivity contribution in [3.63, 3.8) is 0 Å². The van der Waals surface area contributed by atoms with Crippen LogP contribution in [0.3, 0.4) is 0 Å². The molecule has 0 saturated heterocycles. The summed E-state index contributed by atoms with van der Waals surface area (Å²) >= 11 is 1.54. The number of unbranched alkanes of at least 4 members (excludes halogenated alkanes) is 1. The molecule has 6 heteroatoms. The molecular weight excluding hydrogens is 364 g/mol. The second kappa shape index (κ2) is 11.5. The van der Waals surface area contributed by atoms with Crippen LogP contribution in [-0.2, 0) is 14.3 Å². The van der Waals surface area contributed by atoms with Gasteiger partial charge < -0.3 is 14.6 Å². The molecule has 0 aliphatic heterocycles. The van der Waals surface area contributed by atoms with Crippen molar-refractivity contribution in [1.82, 2.24) is 0 Å². The second-order valence-corrected chi connectivity index (χ2v) is 7.10. The monoisotopic (exact) mass is 390 g/mol. The first-order valence-electron chi connectivity index (χ1n) is 9.07. The summed E-state index contributed by atoms with van der Waals surface area (Å²) < 4.78 is 10.1. The molecule has 1 aliphatic rings. The van der Waals surface area contributed by atoms with Gasteiger partial charge in [0.2, 0.25) is 0 Å². The third-order valence-corrected chi connectivity index (χ3v) is 4.91. The number of carbonyl (C=O) groups is 2. The van der Waals surface area contributed by atoms with Crippen molar-refractivity contribution in [2.75, 3.05) is 13.7 Å². The molecule has 1 N–H and O–H groups in total. The number of aliphatic hydroxyl groups excluding tert-OH is 1. The van der Waals surface area contributed by atoms with Crippen molar-refractivity contribution in [1.29, 1.82) is 0 Å². The molecule has 0 spiro atoms. The Morgan fingerprint density at radius 1 is 1.41 bits per heavy atom. The summed E-state index contributed by atoms with van der Waals surface area (Å²) in [6, 6.07) is 1.85. The highest BCUT2D eigenvalue weighted by Crippen LogP contribution is 2.26. The topological polar surface area (TPSA) is 72.8 Å². The molecule has 146 valence electrons. The Hall–Kier alpha value is -2.18. The molecule has 1 aliphatic carbocycles. The van der Waals surface area contributed by atoms with Gasteiger partial charge in [0.1, 0.15) is 12.4 Å². The second-order valence-electron chi connectivity index (χ2n) is 6.32. The fraction of sp³-hybridized carbons (Fsp3) is 0.429. The highest BCUT2D eigenvalue weighted by atomic mass is 32.1. The summed E-state index contributed by atoms with van der Waals surface area (Å²) in [6.45, 7) is 0.201. The fourth-order valence-electron chi connectivity index (χ4n) is 2.73. The van der Waals surface area contributed by atoms with Crippen LogP contribution in [0.15, 0.2) is 52.8 Å². The maximum Gasteiger partial charge on any atom is 0.305 e. The summed E-state index contributed by atoms with van der Waals surface area (Å²) in [7, 11) is 1.39. The molecule has 1 aromatic heterocycles. The van der Waals surface area contributed by atoms with E-state index in [0.717, 1.165) is 30.6 Å². The minimum absolute atomic E-state index is 0.00467. The van der Waals surface area contributed by atoms with Crippen LogP contribution in [0.5, 0.6) is 5.75 Å². The third kappa shape index (κ3) is 7.53. The fourth-order valence-corrected chi connectivity index (χ4v) is 3.30. The zero-order valence-electron chi connectivity index (χ0n) is 15.5. The number of carbonyl (C=O) groups excluding carboxylic acids is 2. The zero-order valence-corrected chi connectivity index (χ0v) is 16.3. The van der Waals surface area contributed by atoms with Gasteiger partial charge in [-0.25, -0.2) is 0 Å². The van der Waals surface area contributed by atoms with Gasteiger partial charge >= 0.3 is 5.97 Å². The first-order chi connectivity index (χ1) is 13.1. The number of ketones is 1. The van der Waals surface area contributed by atoms with Gasteiger partial charge in [-0.15, -0.1) is 11.3 Å². The number of hydrogen-bond acceptors (Lipinski definition) is 6. The maximum absolute atomic E-state index is 12.0. The molecule has 0 amide bonds. The Balaban J connectivity index is 1.74. The smallest absolute Gasteiger partial charge is 0.305 e. The molecule has 0 aromatic carbocycles. The lowest BCUT2D eigenvalue weighted by molar-refractivity contribution is -0.140. The summed E-state index contributed by atoms with van der Waals surface area (Å²) in [5.41, 5.74) is 0.726. The lowest BCUT2D eigenvalue weighted by Crippen LogP contribution is -2.17. The Morgan fingerprint density at radius 2 is 2.26 bits per heavy atom. The summed E-state index contributed by atoms with van der Waals surface area (Å²) in [5, 5.41) is 13.9. The molecule has 0 radical (unpaired) electrons. The van der Waals surface area contributed by atoms with E-state index in [0.29, 0.717) is 12.8 Å². The van der Waals surface area contributed by atoms with E-state index in [1.54, 1.807) is 6.08 Å². The quantitative estimate of drug-likeness (QED) is 0.269. The summed E-state index contributed by atoms with van der Waals surface area (Å²) in [4.78, 5) is 23.1. The van der Waals surface area contributed by atoms with Crippen molar-refractivity contribution in [2.24, 2.45) is 5.92 Å². The van der Waals surface area contributed by atoms with Crippen LogP contribution in [0.2, 0.25) is 0 Å². The number of aliphatic hydroxyl groups is 1. The number of hydrogen-bond donors (Lipinski definition) is 1. The van der Waals surface area contributed by atoms with E-state index < -0.39 is 6.10 Å². The van der Waals surface area contributed by atoms with E-state index in [-0.39, 0.29) is 24.3 Å². The van der Waals surface area contributed by atoms with Gasteiger partial charge in [0.05, 0.1) is 13.2 Å². The lowest BCUT2D eigenvalue weighted by atomic mass is 9.96. The first-order valence-corrected chi connectivity index (χ1v) is 10.0. The molecule has 0 saturated carbocycles. The van der Waals surface area contributed by atoms with Gasteiger partial charge in [-0.05, 0) is 43.2 Å². The minimum Gasteiger partial charge on any atom is -0.490 e. The molecular formula is C21H26O5S. The lowest BCUT2D eigenvalue weighted by Gasteiger charge is -2.11. The molecule has 1 aromatic rings. The van der Waals surface area contributed by atoms with Crippen LogP contribution in [0.4, 0.5) is 0 Å². The van der Waals surface area contributed by atoms with Crippen LogP contribution in [0.25, 0.3) is 0 Å². The first kappa shape index (κ1) is 21.1. The van der Waals surface area contributed by atoms with Crippen LogP contribution in [-0.4, -0.2) is 36.7 Å². The number of thiophene rings is 1. The molecule has 2 atom stereocenters. The molecule has 1 heterocycles. The molecule has 0 unspecified atom stereocenters. The Morgan fingerprint density at radius 3 is 3.00 bits per heavy atom. The third-order valence-electron chi connectivity index (χ3n) is 4.25. The van der Waals surface area contributed by atoms with Crippen molar-refractivity contribution in [2.45, 2.75) is 38.2 Å². The van der Waals surface area contributed by atoms with Crippen LogP contribution >= 0.6 is 11.3 Å². The largest absolute Gasteiger partial charge is 0.490 e. The minimum atomic E-state index is -0.652. The molecule has 0 fully saturated rings. The van der Waals surface area contributed by atoms with E-state index in [2.05, 4.69) is 4.74 Å². The van der Waals surface area contributed by atoms with E-state index in [1.165, 1.54) is 18.4 Å². The standard InChI is InChI=1S/C21H26O5S/c1-25-21(24)7-5-3-2-4-6-16-8-11-20(23)19(16)10-9-17(22)14-26-18-12-13-27-15-18/h2,4,8,10-13,15-17,22H,3,5-7,9,14H2,1H3/b4-2-,19-10+/t16-,17+/m0/s1. The molecule has 27 heavy (non-hydrogen) atoms. The van der Waals surface area contributed by atoms with Gasteiger partial charge in [0.25, 0.3) is 0 Å². The van der Waals surface area contributed by atoms with Crippen molar-refractivity contribution >= 4 is 23.1 Å². The van der Waals surface area contributed by atoms with E-state index in [4.69, 9.17) is 4.74 Å². The summed E-state index contributed by atoms with van der Waals surface area (Å²) in [6.07, 6.45) is 11.8. The Kier molecular flexibility index (Phi) is 9.01. The predicted octanol–water partition coefficient (Wildman–Crippen LogP) is 3.85. The Bertz CT molecular complexity index is 687. The number of methoxy groups -OCH3 is 1. The highest BCUT2D eigenvalue weighted by Gasteiger charge is 2.22. The number of ether oxygens (including phenoxy) is 2. The van der Waals surface area contributed by atoms with Gasteiger partial charge in [-0.3, -0.25) is 9.59 Å². The molecule has 5 nitrogen and oxygen atoms in total. The molecule has 2 rings (SSSR count). The van der Waals surface area contributed by atoms with Gasteiger partial charge in [-0.2, -0.15) is 0 Å². The average Bonchev–Trinajstić information content (AvgIpc) is 3.31. The normalized spacial score (nSPS) is 19.1. The number of rotatable bonds is 11. The van der Waals surface area contributed by atoms with Crippen molar-refractivity contribution in [3.05, 3.63) is 52.8 Å². The van der Waals surface area contributed by atoms with Gasteiger partial charge in [-0.1, -0.05) is 24.3 Å². The van der Waals surface area contributed by atoms with E-state index in [9.17, 15) is 14.7 Å². The summed E-state index contributed by atoms with van der Waals surface area (Å²) in [5.74, 6) is 0.601. The van der Waals surface area contributed by atoms with Crippen LogP contribution in [0, 0.1) is 5.92 Å². The van der Waals surface area contributed by atoms with E-state index in [1.807, 2.05) is 41.1 Å². The van der Waals surface area contributed by atoms with E-state index >= 15 is 0 Å². The van der Waals surface area contributed by atoms with Crippen LogP contribution < -0.4 is 4.74 Å². The van der Waals surface area contributed by atoms with Gasteiger partial charge in [0.15, 0.2) is 5.78 Å². The Labute approximate surface area is 164 Å². The average molecular weight is 391 g/mol. The van der Waals surface area contributed by atoms with Crippen molar-refractivity contribution < 1.29 is 24.2 Å². The predicted molar refractivity (Wildman–Crippen MR) is 106 cm³/mol. The van der Waals surface area contributed by atoms with Gasteiger partial charge in [0, 0.05) is 23.3 Å². The maximum atomic E-state index is 12.0. The van der Waals surface area contributed by atoms with Crippen molar-refractivity contribution in [3.8, 4) is 5.75 Å². The SMILES string of the molecule is COC(=O)CCC/C=C\C[C@H]1C=CC(=O)/C1=C/C[C@@H](O)COc1ccsc1. The number of allylic oxidation sites excluding steroid dienone is 5.